The van der Waals surface area contributed by atoms with Gasteiger partial charge in [0.05, 0.1) is 18.3 Å². The number of nitrogens with one attached hydrogen (secondary N) is 2. The zero-order valence-corrected chi connectivity index (χ0v) is 13.6. The van der Waals surface area contributed by atoms with Gasteiger partial charge in [0.2, 0.25) is 0 Å². The smallest absolute Gasteiger partial charge is 0.410 e. The molecule has 8 nitrogen and oxygen atoms in total. The van der Waals surface area contributed by atoms with Crippen LogP contribution in [0.3, 0.4) is 0 Å². The summed E-state index contributed by atoms with van der Waals surface area (Å²) >= 11 is 0. The molecule has 1 aliphatic heterocycles. The van der Waals surface area contributed by atoms with Crippen LogP contribution >= 0.6 is 0 Å². The van der Waals surface area contributed by atoms with E-state index in [0.29, 0.717) is 18.9 Å². The second kappa shape index (κ2) is 5.86. The Morgan fingerprint density at radius 3 is 2.64 bits per heavy atom. The number of aromatic nitrogens is 2. The third-order valence-corrected chi connectivity index (χ3v) is 3.36. The van der Waals surface area contributed by atoms with Gasteiger partial charge in [-0.05, 0) is 27.7 Å². The highest BCUT2D eigenvalue weighted by Crippen LogP contribution is 2.28. The molecule has 1 aliphatic rings. The number of nitrogens with zero attached hydrogens (tertiary/aromatic N) is 3. The van der Waals surface area contributed by atoms with Crippen molar-refractivity contribution in [3.63, 3.8) is 0 Å². The first-order valence-electron chi connectivity index (χ1n) is 7.27. The van der Waals surface area contributed by atoms with Gasteiger partial charge in [-0.2, -0.15) is 5.10 Å². The van der Waals surface area contributed by atoms with E-state index in [0.717, 1.165) is 5.69 Å². The molecule has 0 saturated heterocycles. The normalized spacial score (nSPS) is 17.7. The first-order chi connectivity index (χ1) is 10.2. The summed E-state index contributed by atoms with van der Waals surface area (Å²) in [5, 5.41) is 9.43. The van der Waals surface area contributed by atoms with Crippen LogP contribution in [0.1, 0.15) is 39.4 Å². The number of hydrogen-bond donors (Lipinski definition) is 2. The summed E-state index contributed by atoms with van der Waals surface area (Å²) in [6.45, 7) is 8.53. The number of rotatable bonds is 1. The number of ether oxygens (including phenoxy) is 1. The van der Waals surface area contributed by atoms with Crippen LogP contribution in [0.2, 0.25) is 0 Å². The predicted molar refractivity (Wildman–Crippen MR) is 81.7 cm³/mol. The molecular weight excluding hydrogens is 286 g/mol. The zero-order valence-electron chi connectivity index (χ0n) is 13.6. The van der Waals surface area contributed by atoms with Crippen molar-refractivity contribution in [1.82, 2.24) is 20.0 Å². The lowest BCUT2D eigenvalue weighted by atomic mass is 10.1. The van der Waals surface area contributed by atoms with Crippen LogP contribution in [0, 0.1) is 0 Å². The Kier molecular flexibility index (Phi) is 4.30. The summed E-state index contributed by atoms with van der Waals surface area (Å²) in [6, 6.07) is 1.28. The van der Waals surface area contributed by atoms with Gasteiger partial charge in [0.1, 0.15) is 5.60 Å². The molecule has 3 amide bonds. The first kappa shape index (κ1) is 16.1. The van der Waals surface area contributed by atoms with Crippen LogP contribution in [-0.4, -0.2) is 46.0 Å². The number of carbonyl (C=O) groups excluding carboxylic acids is 2. The van der Waals surface area contributed by atoms with Gasteiger partial charge in [-0.1, -0.05) is 0 Å². The maximum atomic E-state index is 12.3. The molecule has 2 rings (SSSR count). The standard InChI is InChI=1S/C14H23N5O3/c1-9-10-8-11(16-12(20)15-5)17-19(10)7-6-18(9)13(21)22-14(2,3)4/h8-9H,6-7H2,1-5H3,(H2,15,16,17,20). The molecular formula is C14H23N5O3. The van der Waals surface area contributed by atoms with Crippen molar-refractivity contribution < 1.29 is 14.3 Å². The summed E-state index contributed by atoms with van der Waals surface area (Å²) < 4.78 is 7.23. The maximum Gasteiger partial charge on any atom is 0.410 e. The fourth-order valence-electron chi connectivity index (χ4n) is 2.31. The highest BCUT2D eigenvalue weighted by atomic mass is 16.6. The molecule has 0 aromatic carbocycles. The maximum absolute atomic E-state index is 12.3. The fourth-order valence-corrected chi connectivity index (χ4v) is 2.31. The summed E-state index contributed by atoms with van der Waals surface area (Å²) in [7, 11) is 1.54. The van der Waals surface area contributed by atoms with Crippen molar-refractivity contribution in [3.05, 3.63) is 11.8 Å². The molecule has 0 bridgehead atoms. The Morgan fingerprint density at radius 1 is 1.36 bits per heavy atom. The topological polar surface area (TPSA) is 88.5 Å². The van der Waals surface area contributed by atoms with Gasteiger partial charge >= 0.3 is 12.1 Å². The molecule has 0 saturated carbocycles. The second-order valence-corrected chi connectivity index (χ2v) is 6.23. The number of urea groups is 1. The van der Waals surface area contributed by atoms with Crippen molar-refractivity contribution in [2.75, 3.05) is 18.9 Å². The Morgan fingerprint density at radius 2 is 2.05 bits per heavy atom. The molecule has 1 unspecified atom stereocenters. The van der Waals surface area contributed by atoms with Crippen molar-refractivity contribution >= 4 is 17.9 Å². The molecule has 1 atom stereocenters. The highest BCUT2D eigenvalue weighted by molar-refractivity contribution is 5.88. The number of carbonyl (C=O) groups is 2. The lowest BCUT2D eigenvalue weighted by molar-refractivity contribution is 0.0120. The third kappa shape index (κ3) is 3.49. The van der Waals surface area contributed by atoms with Gasteiger partial charge in [0, 0.05) is 19.7 Å². The summed E-state index contributed by atoms with van der Waals surface area (Å²) in [5.41, 5.74) is 0.337. The Labute approximate surface area is 129 Å². The van der Waals surface area contributed by atoms with Crippen LogP contribution in [-0.2, 0) is 11.3 Å². The van der Waals surface area contributed by atoms with E-state index < -0.39 is 5.60 Å². The van der Waals surface area contributed by atoms with Crippen LogP contribution in [0.15, 0.2) is 6.07 Å². The fraction of sp³-hybridized carbons (Fsp3) is 0.643. The average Bonchev–Trinajstić information content (AvgIpc) is 2.80. The Balaban J connectivity index is 2.14. The summed E-state index contributed by atoms with van der Waals surface area (Å²) in [6.07, 6.45) is -0.340. The monoisotopic (exact) mass is 309 g/mol. The molecule has 0 aliphatic carbocycles. The SMILES string of the molecule is CNC(=O)Nc1cc2n(n1)CCN(C(=O)OC(C)(C)C)C2C. The lowest BCUT2D eigenvalue weighted by Crippen LogP contribution is -2.43. The van der Waals surface area contributed by atoms with E-state index in [-0.39, 0.29) is 18.2 Å². The predicted octanol–water partition coefficient (Wildman–Crippen LogP) is 1.95. The molecule has 0 radical (unpaired) electrons. The van der Waals surface area contributed by atoms with Crippen molar-refractivity contribution in [2.24, 2.45) is 0 Å². The molecule has 1 aromatic rings. The average molecular weight is 309 g/mol. The minimum absolute atomic E-state index is 0.170. The van der Waals surface area contributed by atoms with Crippen LogP contribution in [0.5, 0.6) is 0 Å². The first-order valence-corrected chi connectivity index (χ1v) is 7.27. The number of amides is 3. The summed E-state index contributed by atoms with van der Waals surface area (Å²) in [4.78, 5) is 25.3. The summed E-state index contributed by atoms with van der Waals surface area (Å²) in [5.74, 6) is 0.465. The van der Waals surface area contributed by atoms with Crippen molar-refractivity contribution in [2.45, 2.75) is 45.9 Å². The molecule has 8 heteroatoms. The molecule has 0 fully saturated rings. The Hall–Kier alpha value is -2.25. The van der Waals surface area contributed by atoms with Gasteiger partial charge in [0.15, 0.2) is 5.82 Å². The van der Waals surface area contributed by atoms with Gasteiger partial charge < -0.3 is 10.1 Å². The van der Waals surface area contributed by atoms with E-state index in [2.05, 4.69) is 15.7 Å². The van der Waals surface area contributed by atoms with E-state index in [4.69, 9.17) is 4.74 Å². The van der Waals surface area contributed by atoms with E-state index >= 15 is 0 Å². The lowest BCUT2D eigenvalue weighted by Gasteiger charge is -2.35. The van der Waals surface area contributed by atoms with Crippen LogP contribution in [0.25, 0.3) is 0 Å². The largest absolute Gasteiger partial charge is 0.444 e. The molecule has 22 heavy (non-hydrogen) atoms. The quantitative estimate of drug-likeness (QED) is 0.830. The number of fused-ring (bicyclic) bond motifs is 1. The van der Waals surface area contributed by atoms with Crippen LogP contribution in [0.4, 0.5) is 15.4 Å². The molecule has 2 N–H and O–H groups in total. The van der Waals surface area contributed by atoms with E-state index in [9.17, 15) is 9.59 Å². The zero-order chi connectivity index (χ0) is 16.5. The third-order valence-electron chi connectivity index (χ3n) is 3.36. The van der Waals surface area contributed by atoms with Gasteiger partial charge in [-0.15, -0.1) is 0 Å². The molecule has 0 spiro atoms. The van der Waals surface area contributed by atoms with Gasteiger partial charge in [0.25, 0.3) is 0 Å². The molecule has 122 valence electrons. The molecule has 1 aromatic heterocycles. The van der Waals surface area contributed by atoms with Crippen molar-refractivity contribution in [3.8, 4) is 0 Å². The minimum atomic E-state index is -0.527. The number of hydrogen-bond acceptors (Lipinski definition) is 4. The minimum Gasteiger partial charge on any atom is -0.444 e. The van der Waals surface area contributed by atoms with Crippen LogP contribution < -0.4 is 10.6 Å². The van der Waals surface area contributed by atoms with E-state index in [1.807, 2.05) is 27.7 Å². The van der Waals surface area contributed by atoms with E-state index in [1.165, 1.54) is 7.05 Å². The number of anilines is 1. The highest BCUT2D eigenvalue weighted by Gasteiger charge is 2.32. The van der Waals surface area contributed by atoms with Gasteiger partial charge in [-0.3, -0.25) is 14.9 Å². The Bertz CT molecular complexity index is 576. The molecule has 2 heterocycles. The van der Waals surface area contributed by atoms with Gasteiger partial charge in [-0.25, -0.2) is 9.59 Å². The van der Waals surface area contributed by atoms with E-state index in [1.54, 1.807) is 15.6 Å². The van der Waals surface area contributed by atoms with Crippen molar-refractivity contribution in [1.29, 1.82) is 0 Å². The second-order valence-electron chi connectivity index (χ2n) is 6.23.